The van der Waals surface area contributed by atoms with Gasteiger partial charge in [-0.3, -0.25) is 0 Å². The van der Waals surface area contributed by atoms with Gasteiger partial charge in [-0.15, -0.1) is 0 Å². The third-order valence-corrected chi connectivity index (χ3v) is 1.32. The van der Waals surface area contributed by atoms with E-state index in [2.05, 4.69) is 6.07 Å². The molecule has 1 saturated carbocycles. The average Bonchev–Trinajstić information content (AvgIpc) is 2.43. The van der Waals surface area contributed by atoms with Crippen LogP contribution in [0.3, 0.4) is 0 Å². The minimum absolute atomic E-state index is 0.171. The van der Waals surface area contributed by atoms with E-state index in [0.717, 1.165) is 6.42 Å². The van der Waals surface area contributed by atoms with E-state index in [1.54, 1.807) is 0 Å². The summed E-state index contributed by atoms with van der Waals surface area (Å²) < 4.78 is 0. The maximum atomic E-state index is 8.36. The second-order valence-corrected chi connectivity index (χ2v) is 1.91. The van der Waals surface area contributed by atoms with Gasteiger partial charge in [0.2, 0.25) is 0 Å². The molecule has 0 aromatic heterocycles. The lowest BCUT2D eigenvalue weighted by molar-refractivity contribution is 0.273. The highest BCUT2D eigenvalue weighted by Crippen LogP contribution is 2.36. The van der Waals surface area contributed by atoms with E-state index in [0.29, 0.717) is 5.92 Å². The molecule has 0 aromatic carbocycles. The molecule has 0 heterocycles. The molecule has 0 unspecified atom stereocenters. The van der Waals surface area contributed by atoms with Crippen LogP contribution in [0.4, 0.5) is 0 Å². The summed E-state index contributed by atoms with van der Waals surface area (Å²) >= 11 is 0. The van der Waals surface area contributed by atoms with E-state index in [4.69, 9.17) is 10.4 Å². The van der Waals surface area contributed by atoms with E-state index in [-0.39, 0.29) is 12.5 Å². The van der Waals surface area contributed by atoms with Gasteiger partial charge >= 0.3 is 0 Å². The Morgan fingerprint density at radius 2 is 2.57 bits per heavy atom. The molecule has 1 fully saturated rings. The van der Waals surface area contributed by atoms with Gasteiger partial charge in [0.25, 0.3) is 0 Å². The Balaban J connectivity index is 2.21. The van der Waals surface area contributed by atoms with E-state index < -0.39 is 0 Å². The molecule has 0 radical (unpaired) electrons. The molecule has 2 heteroatoms. The predicted octanol–water partition coefficient (Wildman–Crippen LogP) is 0.138. The SMILES string of the molecule is N#C[C@H]1C[C@@H]1CO. The zero-order valence-electron chi connectivity index (χ0n) is 3.96. The molecule has 0 aliphatic heterocycles. The Kier molecular flexibility index (Phi) is 0.994. The summed E-state index contributed by atoms with van der Waals surface area (Å²) in [5.74, 6) is 0.481. The molecule has 0 bridgehead atoms. The molecule has 1 aliphatic rings. The third kappa shape index (κ3) is 0.726. The lowest BCUT2D eigenvalue weighted by Gasteiger charge is -1.77. The number of aliphatic hydroxyl groups excluding tert-OH is 1. The fourth-order valence-corrected chi connectivity index (χ4v) is 0.607. The van der Waals surface area contributed by atoms with Crippen molar-refractivity contribution in [2.24, 2.45) is 11.8 Å². The number of hydrogen-bond acceptors (Lipinski definition) is 2. The van der Waals surface area contributed by atoms with Gasteiger partial charge in [-0.1, -0.05) is 0 Å². The first-order chi connectivity index (χ1) is 3.38. The highest BCUT2D eigenvalue weighted by atomic mass is 16.3. The van der Waals surface area contributed by atoms with Crippen molar-refractivity contribution < 1.29 is 5.11 Å². The molecular formula is C5H7NO. The molecule has 1 N–H and O–H groups in total. The standard InChI is InChI=1S/C5H7NO/c6-2-4-1-5(4)3-7/h4-5,7H,1,3H2/t4-,5-/m1/s1. The Morgan fingerprint density at radius 1 is 1.86 bits per heavy atom. The predicted molar refractivity (Wildman–Crippen MR) is 24.3 cm³/mol. The molecule has 1 aliphatic carbocycles. The molecule has 0 amide bonds. The summed E-state index contributed by atoms with van der Waals surface area (Å²) in [5.41, 5.74) is 0. The fourth-order valence-electron chi connectivity index (χ4n) is 0.607. The van der Waals surface area contributed by atoms with Crippen molar-refractivity contribution >= 4 is 0 Å². The fraction of sp³-hybridized carbons (Fsp3) is 0.800. The van der Waals surface area contributed by atoms with Crippen molar-refractivity contribution in [2.75, 3.05) is 6.61 Å². The Labute approximate surface area is 42.4 Å². The summed E-state index contributed by atoms with van der Waals surface area (Å²) in [6, 6.07) is 2.08. The van der Waals surface area contributed by atoms with E-state index >= 15 is 0 Å². The first-order valence-corrected chi connectivity index (χ1v) is 2.39. The number of hydrogen-bond donors (Lipinski definition) is 1. The van der Waals surface area contributed by atoms with E-state index in [1.165, 1.54) is 0 Å². The van der Waals surface area contributed by atoms with Gasteiger partial charge in [0.15, 0.2) is 0 Å². The minimum atomic E-state index is 0.171. The summed E-state index contributed by atoms with van der Waals surface area (Å²) in [6.07, 6.45) is 0.910. The van der Waals surface area contributed by atoms with Gasteiger partial charge in [-0.05, 0) is 12.3 Å². The van der Waals surface area contributed by atoms with Gasteiger partial charge in [-0.25, -0.2) is 0 Å². The number of aliphatic hydroxyl groups is 1. The monoisotopic (exact) mass is 97.1 g/mol. The van der Waals surface area contributed by atoms with Crippen LogP contribution in [0.5, 0.6) is 0 Å². The van der Waals surface area contributed by atoms with Crippen LogP contribution < -0.4 is 0 Å². The summed E-state index contributed by atoms with van der Waals surface area (Å²) in [5, 5.41) is 16.5. The van der Waals surface area contributed by atoms with Crippen LogP contribution in [-0.4, -0.2) is 11.7 Å². The van der Waals surface area contributed by atoms with Crippen LogP contribution in [-0.2, 0) is 0 Å². The first kappa shape index (κ1) is 4.61. The molecule has 0 spiro atoms. The van der Waals surface area contributed by atoms with Gasteiger partial charge in [-0.2, -0.15) is 5.26 Å². The molecular weight excluding hydrogens is 90.1 g/mol. The summed E-state index contributed by atoms with van der Waals surface area (Å²) in [7, 11) is 0. The minimum Gasteiger partial charge on any atom is -0.396 e. The van der Waals surface area contributed by atoms with E-state index in [9.17, 15) is 0 Å². The maximum Gasteiger partial charge on any atom is 0.0659 e. The highest BCUT2D eigenvalue weighted by Gasteiger charge is 2.36. The van der Waals surface area contributed by atoms with E-state index in [1.807, 2.05) is 0 Å². The van der Waals surface area contributed by atoms with Crippen molar-refractivity contribution in [1.29, 1.82) is 5.26 Å². The normalized spacial score (nSPS) is 37.1. The molecule has 38 valence electrons. The van der Waals surface area contributed by atoms with Crippen molar-refractivity contribution in [1.82, 2.24) is 0 Å². The molecule has 2 atom stereocenters. The van der Waals surface area contributed by atoms with Gasteiger partial charge < -0.3 is 5.11 Å². The van der Waals surface area contributed by atoms with Crippen molar-refractivity contribution in [3.63, 3.8) is 0 Å². The van der Waals surface area contributed by atoms with Crippen LogP contribution >= 0.6 is 0 Å². The number of nitriles is 1. The Hall–Kier alpha value is -0.550. The molecule has 7 heavy (non-hydrogen) atoms. The zero-order chi connectivity index (χ0) is 5.28. The first-order valence-electron chi connectivity index (χ1n) is 2.39. The van der Waals surface area contributed by atoms with Crippen LogP contribution in [0.2, 0.25) is 0 Å². The highest BCUT2D eigenvalue weighted by molar-refractivity contribution is 5.00. The summed E-state index contributed by atoms with van der Waals surface area (Å²) in [6.45, 7) is 0.193. The van der Waals surface area contributed by atoms with Crippen molar-refractivity contribution in [2.45, 2.75) is 6.42 Å². The van der Waals surface area contributed by atoms with Gasteiger partial charge in [0.1, 0.15) is 0 Å². The topological polar surface area (TPSA) is 44.0 Å². The van der Waals surface area contributed by atoms with Crippen LogP contribution in [0.1, 0.15) is 6.42 Å². The molecule has 2 nitrogen and oxygen atoms in total. The zero-order valence-corrected chi connectivity index (χ0v) is 3.96. The molecule has 1 rings (SSSR count). The largest absolute Gasteiger partial charge is 0.396 e. The second kappa shape index (κ2) is 1.51. The number of rotatable bonds is 1. The van der Waals surface area contributed by atoms with Crippen molar-refractivity contribution in [3.05, 3.63) is 0 Å². The van der Waals surface area contributed by atoms with Crippen LogP contribution in [0, 0.1) is 23.2 Å². The van der Waals surface area contributed by atoms with Crippen molar-refractivity contribution in [3.8, 4) is 6.07 Å². The third-order valence-electron chi connectivity index (χ3n) is 1.32. The average molecular weight is 97.1 g/mol. The number of nitrogens with zero attached hydrogens (tertiary/aromatic N) is 1. The molecule has 0 aromatic rings. The Morgan fingerprint density at radius 3 is 2.71 bits per heavy atom. The quantitative estimate of drug-likeness (QED) is 0.505. The second-order valence-electron chi connectivity index (χ2n) is 1.91. The van der Waals surface area contributed by atoms with Gasteiger partial charge in [0, 0.05) is 6.61 Å². The lowest BCUT2D eigenvalue weighted by atomic mass is 10.4. The van der Waals surface area contributed by atoms with Crippen LogP contribution in [0.25, 0.3) is 0 Å². The smallest absolute Gasteiger partial charge is 0.0659 e. The van der Waals surface area contributed by atoms with Crippen LogP contribution in [0.15, 0.2) is 0 Å². The van der Waals surface area contributed by atoms with Gasteiger partial charge in [0.05, 0.1) is 12.0 Å². The summed E-state index contributed by atoms with van der Waals surface area (Å²) in [4.78, 5) is 0. The lowest BCUT2D eigenvalue weighted by Crippen LogP contribution is -1.84. The molecule has 0 saturated heterocycles. The maximum absolute atomic E-state index is 8.36. The Bertz CT molecular complexity index is 105.